The van der Waals surface area contributed by atoms with E-state index >= 15 is 0 Å². The molecule has 20 nitrogen and oxygen atoms in total. The Morgan fingerprint density at radius 1 is 0.585 bits per heavy atom. The summed E-state index contributed by atoms with van der Waals surface area (Å²) in [5.74, 6) is -1.58. The van der Waals surface area contributed by atoms with Crippen molar-refractivity contribution in [2.24, 2.45) is 0 Å². The number of phenols is 3. The van der Waals surface area contributed by atoms with Crippen LogP contribution < -0.4 is 5.43 Å². The van der Waals surface area contributed by atoms with Crippen LogP contribution in [0.3, 0.4) is 0 Å². The molecule has 15 atom stereocenters. The Hall–Kier alpha value is -3.55. The molecule has 3 saturated heterocycles. The van der Waals surface area contributed by atoms with E-state index in [1.165, 1.54) is 24.3 Å². The fraction of sp³-hybridized carbons (Fsp3) is 0.545. The Morgan fingerprint density at radius 2 is 1.09 bits per heavy atom. The van der Waals surface area contributed by atoms with Gasteiger partial charge in [0.05, 0.1) is 25.4 Å². The van der Waals surface area contributed by atoms with Crippen LogP contribution >= 0.6 is 0 Å². The van der Waals surface area contributed by atoms with Gasteiger partial charge in [-0.2, -0.15) is 0 Å². The smallest absolute Gasteiger partial charge is 0.197 e. The number of aliphatic hydroxyl groups is 10. The van der Waals surface area contributed by atoms with Crippen LogP contribution in [0.1, 0.15) is 11.7 Å². The number of rotatable bonds is 9. The Balaban J connectivity index is 1.21. The van der Waals surface area contributed by atoms with E-state index in [-0.39, 0.29) is 11.5 Å². The fourth-order valence-electron chi connectivity index (χ4n) is 6.47. The van der Waals surface area contributed by atoms with Crippen LogP contribution in [0.4, 0.5) is 0 Å². The monoisotopic (exact) mass is 756 g/mol. The van der Waals surface area contributed by atoms with Gasteiger partial charge in [0.25, 0.3) is 0 Å². The maximum absolute atomic E-state index is 13.2. The number of phenolic OH excluding ortho intramolecular Hbond substituents is 3. The second-order valence-electron chi connectivity index (χ2n) is 13.0. The number of aromatic hydroxyl groups is 3. The second-order valence-corrected chi connectivity index (χ2v) is 13.0. The van der Waals surface area contributed by atoms with E-state index in [4.69, 9.17) is 28.1 Å². The van der Waals surface area contributed by atoms with Gasteiger partial charge in [0.1, 0.15) is 108 Å². The highest BCUT2D eigenvalue weighted by molar-refractivity contribution is 5.89. The molecule has 3 fully saturated rings. The zero-order valence-electron chi connectivity index (χ0n) is 27.4. The topological polar surface area (TPSA) is 339 Å². The molecule has 0 saturated carbocycles. The van der Waals surface area contributed by atoms with E-state index in [9.17, 15) is 71.2 Å². The fourth-order valence-corrected chi connectivity index (χ4v) is 6.47. The largest absolute Gasteiger partial charge is 0.508 e. The van der Waals surface area contributed by atoms with E-state index in [1.807, 2.05) is 0 Å². The average Bonchev–Trinajstić information content (AvgIpc) is 3.13. The highest BCUT2D eigenvalue weighted by Gasteiger charge is 2.50. The number of hydrogen-bond acceptors (Lipinski definition) is 20. The normalized spacial score (nSPS) is 37.9. The van der Waals surface area contributed by atoms with Gasteiger partial charge in [-0.25, -0.2) is 0 Å². The second kappa shape index (κ2) is 15.7. The molecule has 292 valence electrons. The summed E-state index contributed by atoms with van der Waals surface area (Å²) in [6, 6.07) is 7.32. The molecule has 0 bridgehead atoms. The summed E-state index contributed by atoms with van der Waals surface area (Å²) in [6.45, 7) is -2.15. The van der Waals surface area contributed by atoms with Crippen LogP contribution in [-0.4, -0.2) is 172 Å². The molecule has 3 aliphatic heterocycles. The third-order valence-electron chi connectivity index (χ3n) is 9.51. The third-order valence-corrected chi connectivity index (χ3v) is 9.51. The van der Waals surface area contributed by atoms with Crippen molar-refractivity contribution in [3.63, 3.8) is 0 Å². The molecule has 3 aliphatic rings. The molecule has 0 unspecified atom stereocenters. The van der Waals surface area contributed by atoms with Crippen molar-refractivity contribution in [3.05, 3.63) is 52.2 Å². The van der Waals surface area contributed by atoms with Gasteiger partial charge < -0.3 is 94.5 Å². The van der Waals surface area contributed by atoms with Crippen molar-refractivity contribution < 1.29 is 94.5 Å². The number of aliphatic hydroxyl groups excluding tert-OH is 10. The maximum atomic E-state index is 13.2. The van der Waals surface area contributed by atoms with Crippen LogP contribution in [0, 0.1) is 0 Å². The Bertz CT molecular complexity index is 1780. The van der Waals surface area contributed by atoms with E-state index in [1.54, 1.807) is 0 Å². The Morgan fingerprint density at radius 3 is 1.66 bits per heavy atom. The van der Waals surface area contributed by atoms with Crippen LogP contribution in [0.5, 0.6) is 17.2 Å². The molecular formula is C33H40O20. The summed E-state index contributed by atoms with van der Waals surface area (Å²) in [7, 11) is 0. The summed E-state index contributed by atoms with van der Waals surface area (Å²) in [6.07, 6.45) is -26.3. The van der Waals surface area contributed by atoms with Gasteiger partial charge in [0, 0.05) is 17.7 Å². The lowest BCUT2D eigenvalue weighted by atomic mass is 9.89. The van der Waals surface area contributed by atoms with Crippen LogP contribution in [0.25, 0.3) is 22.3 Å². The lowest BCUT2D eigenvalue weighted by molar-refractivity contribution is -0.336. The quantitative estimate of drug-likeness (QED) is 0.0983. The standard InChI is InChI=1S/C33H40O20/c34-7-16-21(39)25(43)28(46)32(52-16)49-9-18-23(41)26(44)29(47)33(53-18)48-8-17-22(40)24(42)27(45)31(51-17)20-13(37)5-12(36)19-14(38)6-15(50-30(19)20)10-1-3-11(35)4-2-10/h1-6,16-18,21-29,31-37,39-47H,7-9H2/t16-,17+,18-,21-,22-,23-,24+,25-,26-,27-,28+,29+,31+,32+,33+/m0/s1. The van der Waals surface area contributed by atoms with Crippen LogP contribution in [-0.2, 0) is 23.7 Å². The van der Waals surface area contributed by atoms with Crippen molar-refractivity contribution in [2.75, 3.05) is 19.8 Å². The lowest BCUT2D eigenvalue weighted by Crippen LogP contribution is -2.62. The van der Waals surface area contributed by atoms with E-state index in [0.29, 0.717) is 5.56 Å². The predicted octanol–water partition coefficient (Wildman–Crippen LogP) is -4.26. The number of fused-ring (bicyclic) bond motifs is 1. The van der Waals surface area contributed by atoms with Gasteiger partial charge in [0.2, 0.25) is 0 Å². The van der Waals surface area contributed by atoms with Gasteiger partial charge in [0.15, 0.2) is 23.6 Å². The van der Waals surface area contributed by atoms with Crippen molar-refractivity contribution in [3.8, 4) is 28.6 Å². The summed E-state index contributed by atoms with van der Waals surface area (Å²) < 4.78 is 33.6. The summed E-state index contributed by atoms with van der Waals surface area (Å²) in [5.41, 5.74) is -1.32. The van der Waals surface area contributed by atoms with E-state index in [0.717, 1.165) is 12.1 Å². The van der Waals surface area contributed by atoms with Crippen molar-refractivity contribution in [1.82, 2.24) is 0 Å². The molecule has 0 spiro atoms. The molecular weight excluding hydrogens is 716 g/mol. The van der Waals surface area contributed by atoms with Gasteiger partial charge in [-0.1, -0.05) is 0 Å². The van der Waals surface area contributed by atoms with Gasteiger partial charge in [-0.15, -0.1) is 0 Å². The number of benzene rings is 2. The van der Waals surface area contributed by atoms with Gasteiger partial charge in [-0.05, 0) is 24.3 Å². The first-order valence-corrected chi connectivity index (χ1v) is 16.4. The lowest BCUT2D eigenvalue weighted by Gasteiger charge is -2.44. The summed E-state index contributed by atoms with van der Waals surface area (Å²) >= 11 is 0. The van der Waals surface area contributed by atoms with E-state index in [2.05, 4.69) is 0 Å². The summed E-state index contributed by atoms with van der Waals surface area (Å²) in [5, 5.41) is 135. The third kappa shape index (κ3) is 7.45. The molecule has 0 radical (unpaired) electrons. The maximum Gasteiger partial charge on any atom is 0.197 e. The predicted molar refractivity (Wildman–Crippen MR) is 171 cm³/mol. The first kappa shape index (κ1) is 39.2. The Kier molecular flexibility index (Phi) is 11.6. The van der Waals surface area contributed by atoms with Crippen molar-refractivity contribution in [1.29, 1.82) is 0 Å². The van der Waals surface area contributed by atoms with Crippen LogP contribution in [0.2, 0.25) is 0 Å². The zero-order valence-corrected chi connectivity index (χ0v) is 27.4. The van der Waals surface area contributed by atoms with Gasteiger partial charge in [-0.3, -0.25) is 4.79 Å². The SMILES string of the molecule is O=c1cc(-c2ccc(O)cc2)oc2c([C@H]3O[C@H](CO[C@@H]4O[C@@H](CO[C@@H]5O[C@@H](CO)[C@H](O)[C@H](O)[C@H]5O)[C@H](O)[C@H](O)[C@H]4O)[C@H](O)[C@@H](O)[C@@H]3O)c(O)cc(O)c12. The van der Waals surface area contributed by atoms with Crippen LogP contribution in [0.15, 0.2) is 45.6 Å². The molecule has 53 heavy (non-hydrogen) atoms. The van der Waals surface area contributed by atoms with E-state index < -0.39 is 145 Å². The number of ether oxygens (including phenoxy) is 5. The molecule has 1 aromatic heterocycles. The van der Waals surface area contributed by atoms with Gasteiger partial charge >= 0.3 is 0 Å². The first-order valence-electron chi connectivity index (χ1n) is 16.4. The minimum atomic E-state index is -1.98. The number of hydrogen-bond donors (Lipinski definition) is 13. The molecule has 0 aliphatic carbocycles. The highest BCUT2D eigenvalue weighted by Crippen LogP contribution is 2.44. The van der Waals surface area contributed by atoms with Crippen molar-refractivity contribution >= 4 is 11.0 Å². The summed E-state index contributed by atoms with van der Waals surface area (Å²) in [4.78, 5) is 13.2. The Labute approximate surface area is 298 Å². The zero-order chi connectivity index (χ0) is 38.5. The average molecular weight is 757 g/mol. The first-order chi connectivity index (χ1) is 25.1. The molecule has 0 amide bonds. The minimum absolute atomic E-state index is 0.0752. The molecule has 13 N–H and O–H groups in total. The van der Waals surface area contributed by atoms with Crippen molar-refractivity contribution in [2.45, 2.75) is 91.9 Å². The molecule has 20 heteroatoms. The molecule has 3 aromatic rings. The molecule has 4 heterocycles. The highest BCUT2D eigenvalue weighted by atomic mass is 16.7. The molecule has 2 aromatic carbocycles. The minimum Gasteiger partial charge on any atom is -0.508 e. The molecule has 6 rings (SSSR count).